The molecule has 0 saturated heterocycles. The van der Waals surface area contributed by atoms with Crippen LogP contribution in [0.3, 0.4) is 0 Å². The maximum atomic E-state index is 10.2. The highest BCUT2D eigenvalue weighted by Crippen LogP contribution is 2.47. The van der Waals surface area contributed by atoms with E-state index >= 15 is 0 Å². The molecule has 0 radical (unpaired) electrons. The lowest BCUT2D eigenvalue weighted by molar-refractivity contribution is 0.150. The molecule has 2 aliphatic rings. The Hall–Kier alpha value is -0.820. The quantitative estimate of drug-likeness (QED) is 0.718. The zero-order chi connectivity index (χ0) is 9.60. The molecule has 1 aromatic carbocycles. The summed E-state index contributed by atoms with van der Waals surface area (Å²) in [6.07, 6.45) is 6.91. The van der Waals surface area contributed by atoms with Crippen molar-refractivity contribution in [1.29, 1.82) is 0 Å². The van der Waals surface area contributed by atoms with Crippen molar-refractivity contribution in [2.45, 2.75) is 44.1 Å². The van der Waals surface area contributed by atoms with E-state index in [9.17, 15) is 5.11 Å². The zero-order valence-corrected chi connectivity index (χ0v) is 8.42. The molecular formula is C13H16O. The number of fused-ring (bicyclic) bond motifs is 1. The molecule has 0 heterocycles. The SMILES string of the molecule is OC1(c2cccc3c2CCCC3)CC1. The second-order valence-electron chi connectivity index (χ2n) is 4.68. The van der Waals surface area contributed by atoms with Crippen LogP contribution in [0, 0.1) is 0 Å². The lowest BCUT2D eigenvalue weighted by Crippen LogP contribution is -2.13. The van der Waals surface area contributed by atoms with Gasteiger partial charge in [0, 0.05) is 0 Å². The van der Waals surface area contributed by atoms with Crippen LogP contribution in [0.2, 0.25) is 0 Å². The Morgan fingerprint density at radius 1 is 1.07 bits per heavy atom. The molecule has 1 heteroatoms. The lowest BCUT2D eigenvalue weighted by atomic mass is 9.86. The van der Waals surface area contributed by atoms with Crippen LogP contribution in [-0.2, 0) is 18.4 Å². The fourth-order valence-corrected chi connectivity index (χ4v) is 2.61. The maximum Gasteiger partial charge on any atom is 0.0901 e. The van der Waals surface area contributed by atoms with Crippen LogP contribution in [0.15, 0.2) is 18.2 Å². The van der Waals surface area contributed by atoms with Crippen LogP contribution in [0.5, 0.6) is 0 Å². The minimum Gasteiger partial charge on any atom is -0.385 e. The van der Waals surface area contributed by atoms with Crippen molar-refractivity contribution in [2.24, 2.45) is 0 Å². The van der Waals surface area contributed by atoms with Gasteiger partial charge in [0.25, 0.3) is 0 Å². The number of benzene rings is 1. The summed E-state index contributed by atoms with van der Waals surface area (Å²) in [5.74, 6) is 0. The minimum absolute atomic E-state index is 0.442. The molecule has 74 valence electrons. The van der Waals surface area contributed by atoms with E-state index in [1.807, 2.05) is 0 Å². The van der Waals surface area contributed by atoms with E-state index in [2.05, 4.69) is 18.2 Å². The molecule has 1 N–H and O–H groups in total. The molecule has 0 unspecified atom stereocenters. The van der Waals surface area contributed by atoms with Gasteiger partial charge >= 0.3 is 0 Å². The standard InChI is InChI=1S/C13H16O/c14-13(8-9-13)12-7-3-5-10-4-1-2-6-11(10)12/h3,5,7,14H,1-2,4,6,8-9H2. The Kier molecular flexibility index (Phi) is 1.72. The van der Waals surface area contributed by atoms with Gasteiger partial charge in [0.15, 0.2) is 0 Å². The third-order valence-corrected chi connectivity index (χ3v) is 3.62. The topological polar surface area (TPSA) is 20.2 Å². The summed E-state index contributed by atoms with van der Waals surface area (Å²) in [5.41, 5.74) is 3.73. The number of rotatable bonds is 1. The summed E-state index contributed by atoms with van der Waals surface area (Å²) in [6.45, 7) is 0. The number of aliphatic hydroxyl groups is 1. The molecule has 0 bridgehead atoms. The molecule has 2 aliphatic carbocycles. The first-order valence-corrected chi connectivity index (χ1v) is 5.63. The highest BCUT2D eigenvalue weighted by molar-refractivity contribution is 5.42. The van der Waals surface area contributed by atoms with Gasteiger partial charge < -0.3 is 5.11 Å². The summed E-state index contributed by atoms with van der Waals surface area (Å²) in [7, 11) is 0. The van der Waals surface area contributed by atoms with Crippen LogP contribution in [-0.4, -0.2) is 5.11 Å². The molecule has 0 aliphatic heterocycles. The Morgan fingerprint density at radius 2 is 1.86 bits per heavy atom. The largest absolute Gasteiger partial charge is 0.385 e. The van der Waals surface area contributed by atoms with Gasteiger partial charge in [0.05, 0.1) is 5.60 Å². The Labute approximate surface area is 84.8 Å². The summed E-state index contributed by atoms with van der Waals surface area (Å²) in [6, 6.07) is 6.46. The van der Waals surface area contributed by atoms with E-state index in [0.717, 1.165) is 12.8 Å². The molecule has 0 spiro atoms. The van der Waals surface area contributed by atoms with Crippen molar-refractivity contribution < 1.29 is 5.11 Å². The van der Waals surface area contributed by atoms with Crippen LogP contribution in [0.25, 0.3) is 0 Å². The molecule has 0 atom stereocenters. The second-order valence-corrected chi connectivity index (χ2v) is 4.68. The molecule has 1 aromatic rings. The molecule has 1 nitrogen and oxygen atoms in total. The van der Waals surface area contributed by atoms with E-state index in [4.69, 9.17) is 0 Å². The summed E-state index contributed by atoms with van der Waals surface area (Å²) >= 11 is 0. The minimum atomic E-state index is -0.442. The molecule has 0 amide bonds. The Bertz CT molecular complexity index is 363. The predicted molar refractivity (Wildman–Crippen MR) is 56.2 cm³/mol. The average molecular weight is 188 g/mol. The van der Waals surface area contributed by atoms with Gasteiger partial charge in [-0.1, -0.05) is 18.2 Å². The third-order valence-electron chi connectivity index (χ3n) is 3.62. The van der Waals surface area contributed by atoms with E-state index < -0.39 is 5.60 Å². The maximum absolute atomic E-state index is 10.2. The van der Waals surface area contributed by atoms with Crippen LogP contribution in [0.1, 0.15) is 42.4 Å². The highest BCUT2D eigenvalue weighted by atomic mass is 16.3. The van der Waals surface area contributed by atoms with E-state index in [0.29, 0.717) is 0 Å². The molecular weight excluding hydrogens is 172 g/mol. The predicted octanol–water partition coefficient (Wildman–Crippen LogP) is 2.55. The first-order valence-electron chi connectivity index (χ1n) is 5.63. The third kappa shape index (κ3) is 1.19. The van der Waals surface area contributed by atoms with Crippen LogP contribution in [0.4, 0.5) is 0 Å². The van der Waals surface area contributed by atoms with E-state index in [1.165, 1.54) is 42.4 Å². The first kappa shape index (κ1) is 8.49. The first-order chi connectivity index (χ1) is 6.80. The van der Waals surface area contributed by atoms with E-state index in [1.54, 1.807) is 0 Å². The normalized spacial score (nSPS) is 22.9. The van der Waals surface area contributed by atoms with Gasteiger partial charge in [-0.15, -0.1) is 0 Å². The van der Waals surface area contributed by atoms with Gasteiger partial charge in [-0.25, -0.2) is 0 Å². The average Bonchev–Trinajstić information content (AvgIpc) is 2.97. The van der Waals surface area contributed by atoms with Gasteiger partial charge in [-0.05, 0) is 55.2 Å². The Balaban J connectivity index is 2.11. The van der Waals surface area contributed by atoms with Crippen molar-refractivity contribution in [2.75, 3.05) is 0 Å². The van der Waals surface area contributed by atoms with Crippen LogP contribution < -0.4 is 0 Å². The number of hydrogen-bond acceptors (Lipinski definition) is 1. The molecule has 14 heavy (non-hydrogen) atoms. The summed E-state index contributed by atoms with van der Waals surface area (Å²) in [4.78, 5) is 0. The highest BCUT2D eigenvalue weighted by Gasteiger charge is 2.43. The molecule has 3 rings (SSSR count). The van der Waals surface area contributed by atoms with Gasteiger partial charge in [-0.3, -0.25) is 0 Å². The van der Waals surface area contributed by atoms with Gasteiger partial charge in [0.2, 0.25) is 0 Å². The van der Waals surface area contributed by atoms with Crippen molar-refractivity contribution >= 4 is 0 Å². The van der Waals surface area contributed by atoms with Gasteiger partial charge in [-0.2, -0.15) is 0 Å². The van der Waals surface area contributed by atoms with Crippen molar-refractivity contribution in [3.63, 3.8) is 0 Å². The van der Waals surface area contributed by atoms with Crippen molar-refractivity contribution in [3.8, 4) is 0 Å². The van der Waals surface area contributed by atoms with Crippen molar-refractivity contribution in [3.05, 3.63) is 34.9 Å². The number of aryl methyl sites for hydroxylation is 1. The second kappa shape index (κ2) is 2.83. The van der Waals surface area contributed by atoms with Gasteiger partial charge in [0.1, 0.15) is 0 Å². The van der Waals surface area contributed by atoms with Crippen molar-refractivity contribution in [1.82, 2.24) is 0 Å². The lowest BCUT2D eigenvalue weighted by Gasteiger charge is -2.21. The zero-order valence-electron chi connectivity index (χ0n) is 8.42. The monoisotopic (exact) mass is 188 g/mol. The fraction of sp³-hybridized carbons (Fsp3) is 0.538. The summed E-state index contributed by atoms with van der Waals surface area (Å²) in [5, 5.41) is 10.2. The fourth-order valence-electron chi connectivity index (χ4n) is 2.61. The Morgan fingerprint density at radius 3 is 2.64 bits per heavy atom. The summed E-state index contributed by atoms with van der Waals surface area (Å²) < 4.78 is 0. The molecule has 0 aromatic heterocycles. The smallest absolute Gasteiger partial charge is 0.0901 e. The number of hydrogen-bond donors (Lipinski definition) is 1. The van der Waals surface area contributed by atoms with Crippen LogP contribution >= 0.6 is 0 Å². The van der Waals surface area contributed by atoms with E-state index in [-0.39, 0.29) is 0 Å². The molecule has 1 fully saturated rings. The molecule has 1 saturated carbocycles.